The van der Waals surface area contributed by atoms with Crippen LogP contribution in [-0.2, 0) is 0 Å². The largest absolute Gasteiger partial charge is 0.494 e. The van der Waals surface area contributed by atoms with E-state index in [1.165, 1.54) is 0 Å². The molecule has 1 unspecified atom stereocenters. The molecule has 1 heterocycles. The summed E-state index contributed by atoms with van der Waals surface area (Å²) in [6.07, 6.45) is 1.96. The molecule has 0 aliphatic carbocycles. The van der Waals surface area contributed by atoms with Crippen molar-refractivity contribution >= 4 is 11.7 Å². The highest BCUT2D eigenvalue weighted by atomic mass is 16.5. The summed E-state index contributed by atoms with van der Waals surface area (Å²) in [5.74, 6) is 1.77. The fourth-order valence-corrected chi connectivity index (χ4v) is 4.00. The maximum Gasteiger partial charge on any atom is 0.122 e. The van der Waals surface area contributed by atoms with Gasteiger partial charge in [0.05, 0.1) is 13.2 Å². The normalized spacial score (nSPS) is 16.9. The van der Waals surface area contributed by atoms with Crippen molar-refractivity contribution in [2.75, 3.05) is 45.9 Å². The van der Waals surface area contributed by atoms with Gasteiger partial charge in [0.1, 0.15) is 23.2 Å². The quantitative estimate of drug-likeness (QED) is 0.223. The number of benzene rings is 2. The van der Waals surface area contributed by atoms with Crippen molar-refractivity contribution in [2.45, 2.75) is 25.8 Å². The van der Waals surface area contributed by atoms with E-state index in [1.54, 1.807) is 0 Å². The van der Waals surface area contributed by atoms with E-state index in [0.717, 1.165) is 57.1 Å². The summed E-state index contributed by atoms with van der Waals surface area (Å²) in [6.45, 7) is 8.92. The molecule has 1 atom stereocenters. The van der Waals surface area contributed by atoms with Gasteiger partial charge in [-0.2, -0.15) is 0 Å². The second-order valence-corrected chi connectivity index (χ2v) is 8.47. The third kappa shape index (κ3) is 7.76. The molecule has 2 aromatic carbocycles. The number of nitrogen functional groups attached to an aromatic ring is 2. The van der Waals surface area contributed by atoms with E-state index < -0.39 is 0 Å². The first-order valence-electron chi connectivity index (χ1n) is 11.5. The van der Waals surface area contributed by atoms with Crippen LogP contribution in [0.1, 0.15) is 30.9 Å². The lowest BCUT2D eigenvalue weighted by Crippen LogP contribution is -2.52. The highest BCUT2D eigenvalue weighted by Gasteiger charge is 2.22. The zero-order valence-corrected chi connectivity index (χ0v) is 19.4. The first-order valence-corrected chi connectivity index (χ1v) is 11.5. The first kappa shape index (κ1) is 24.5. The van der Waals surface area contributed by atoms with E-state index in [1.807, 2.05) is 48.5 Å². The van der Waals surface area contributed by atoms with Crippen LogP contribution in [0, 0.1) is 10.8 Å². The lowest BCUT2D eigenvalue weighted by Gasteiger charge is -2.40. The standard InChI is InChI=1S/C25H36N6O2/c1-19-18-30(12-2-16-32-22-8-4-20(5-9-22)24(26)27)14-15-31(19)13-3-17-33-23-10-6-21(7-11-23)25(28)29/h4-11,19H,2-3,12-18H2,1H3,(H3,26,27)(H3,28,29). The van der Waals surface area contributed by atoms with Gasteiger partial charge < -0.3 is 25.8 Å². The summed E-state index contributed by atoms with van der Waals surface area (Å²) in [7, 11) is 0. The van der Waals surface area contributed by atoms with Gasteiger partial charge >= 0.3 is 0 Å². The first-order chi connectivity index (χ1) is 15.9. The molecule has 33 heavy (non-hydrogen) atoms. The molecule has 6 N–H and O–H groups in total. The fraction of sp³-hybridized carbons (Fsp3) is 0.440. The number of nitrogens with one attached hydrogen (secondary N) is 2. The number of nitrogens with zero attached hydrogens (tertiary/aromatic N) is 2. The van der Waals surface area contributed by atoms with Gasteiger partial charge in [0.15, 0.2) is 0 Å². The van der Waals surface area contributed by atoms with Crippen LogP contribution < -0.4 is 20.9 Å². The molecule has 1 aliphatic rings. The number of rotatable bonds is 12. The van der Waals surface area contributed by atoms with Crippen molar-refractivity contribution in [2.24, 2.45) is 11.5 Å². The Hall–Kier alpha value is -3.10. The van der Waals surface area contributed by atoms with Crippen LogP contribution in [0.3, 0.4) is 0 Å². The Bertz CT molecular complexity index is 900. The number of piperazine rings is 1. The number of nitrogens with two attached hydrogens (primary N) is 2. The Labute approximate surface area is 196 Å². The minimum absolute atomic E-state index is 0.0719. The van der Waals surface area contributed by atoms with Crippen molar-refractivity contribution < 1.29 is 9.47 Å². The maximum atomic E-state index is 7.43. The van der Waals surface area contributed by atoms with Crippen LogP contribution in [0.25, 0.3) is 0 Å². The molecule has 8 heteroatoms. The van der Waals surface area contributed by atoms with Gasteiger partial charge in [-0.05, 0) is 68.3 Å². The monoisotopic (exact) mass is 452 g/mol. The van der Waals surface area contributed by atoms with Crippen molar-refractivity contribution in [1.29, 1.82) is 10.8 Å². The third-order valence-corrected chi connectivity index (χ3v) is 5.93. The molecule has 178 valence electrons. The van der Waals surface area contributed by atoms with Gasteiger partial charge in [0.25, 0.3) is 0 Å². The van der Waals surface area contributed by atoms with Gasteiger partial charge in [-0.3, -0.25) is 15.7 Å². The average molecular weight is 453 g/mol. The number of ether oxygens (including phenoxy) is 2. The van der Waals surface area contributed by atoms with E-state index >= 15 is 0 Å². The molecule has 0 spiro atoms. The molecule has 1 aliphatic heterocycles. The van der Waals surface area contributed by atoms with E-state index in [4.69, 9.17) is 31.8 Å². The molecule has 0 radical (unpaired) electrons. The van der Waals surface area contributed by atoms with E-state index in [9.17, 15) is 0 Å². The molecular weight excluding hydrogens is 416 g/mol. The Morgan fingerprint density at radius 2 is 1.30 bits per heavy atom. The van der Waals surface area contributed by atoms with Crippen LogP contribution in [0.15, 0.2) is 48.5 Å². The summed E-state index contributed by atoms with van der Waals surface area (Å²) in [6, 6.07) is 15.2. The molecule has 0 bridgehead atoms. The van der Waals surface area contributed by atoms with Gasteiger partial charge in [-0.1, -0.05) is 0 Å². The Balaban J connectivity index is 1.27. The molecule has 0 amide bonds. The van der Waals surface area contributed by atoms with Gasteiger partial charge in [-0.15, -0.1) is 0 Å². The lowest BCUT2D eigenvalue weighted by molar-refractivity contribution is 0.0757. The predicted molar refractivity (Wildman–Crippen MR) is 133 cm³/mol. The average Bonchev–Trinajstić information content (AvgIpc) is 2.81. The minimum Gasteiger partial charge on any atom is -0.494 e. The van der Waals surface area contributed by atoms with Crippen molar-refractivity contribution in [1.82, 2.24) is 9.80 Å². The second-order valence-electron chi connectivity index (χ2n) is 8.47. The zero-order valence-electron chi connectivity index (χ0n) is 19.4. The molecule has 2 aromatic rings. The summed E-state index contributed by atoms with van der Waals surface area (Å²) in [5, 5.41) is 14.9. The maximum absolute atomic E-state index is 7.43. The molecule has 1 saturated heterocycles. The topological polar surface area (TPSA) is 125 Å². The summed E-state index contributed by atoms with van der Waals surface area (Å²) < 4.78 is 11.7. The Morgan fingerprint density at radius 1 is 0.818 bits per heavy atom. The Morgan fingerprint density at radius 3 is 1.76 bits per heavy atom. The van der Waals surface area contributed by atoms with Crippen LogP contribution in [0.5, 0.6) is 11.5 Å². The van der Waals surface area contributed by atoms with Crippen molar-refractivity contribution in [3.05, 3.63) is 59.7 Å². The van der Waals surface area contributed by atoms with E-state index in [2.05, 4.69) is 16.7 Å². The highest BCUT2D eigenvalue weighted by Crippen LogP contribution is 2.15. The van der Waals surface area contributed by atoms with E-state index in [-0.39, 0.29) is 11.7 Å². The number of hydrogen-bond donors (Lipinski definition) is 4. The van der Waals surface area contributed by atoms with Crippen LogP contribution in [0.4, 0.5) is 0 Å². The van der Waals surface area contributed by atoms with Gasteiger partial charge in [0, 0.05) is 49.9 Å². The molecular formula is C25H36N6O2. The lowest BCUT2D eigenvalue weighted by atomic mass is 10.1. The van der Waals surface area contributed by atoms with Crippen LogP contribution >= 0.6 is 0 Å². The van der Waals surface area contributed by atoms with Crippen molar-refractivity contribution in [3.63, 3.8) is 0 Å². The highest BCUT2D eigenvalue weighted by molar-refractivity contribution is 5.95. The second kappa shape index (κ2) is 12.2. The third-order valence-electron chi connectivity index (χ3n) is 5.93. The van der Waals surface area contributed by atoms with E-state index in [0.29, 0.717) is 30.4 Å². The SMILES string of the molecule is CC1CN(CCCOc2ccc(C(=N)N)cc2)CCN1CCCOc1ccc(C(=N)N)cc1. The van der Waals surface area contributed by atoms with Gasteiger partial charge in [-0.25, -0.2) is 0 Å². The summed E-state index contributed by atoms with van der Waals surface area (Å²) in [4.78, 5) is 5.04. The minimum atomic E-state index is 0.0719. The van der Waals surface area contributed by atoms with Crippen molar-refractivity contribution in [3.8, 4) is 11.5 Å². The van der Waals surface area contributed by atoms with Gasteiger partial charge in [0.2, 0.25) is 0 Å². The van der Waals surface area contributed by atoms with Crippen LogP contribution in [-0.4, -0.2) is 73.5 Å². The molecule has 1 fully saturated rings. The molecule has 0 saturated carbocycles. The fourth-order valence-electron chi connectivity index (χ4n) is 4.00. The molecule has 0 aromatic heterocycles. The zero-order chi connectivity index (χ0) is 23.6. The van der Waals surface area contributed by atoms with Crippen LogP contribution in [0.2, 0.25) is 0 Å². The summed E-state index contributed by atoms with van der Waals surface area (Å²) >= 11 is 0. The predicted octanol–water partition coefficient (Wildman–Crippen LogP) is 2.50. The molecule has 8 nitrogen and oxygen atoms in total. The molecule has 3 rings (SSSR count). The smallest absolute Gasteiger partial charge is 0.122 e. The summed E-state index contributed by atoms with van der Waals surface area (Å²) in [5.41, 5.74) is 12.4. The number of hydrogen-bond acceptors (Lipinski definition) is 6. The Kier molecular flexibility index (Phi) is 9.09. The number of amidine groups is 2.